The maximum atomic E-state index is 11.1. The molecule has 4 nitrogen and oxygen atoms in total. The van der Waals surface area contributed by atoms with Gasteiger partial charge in [-0.3, -0.25) is 4.68 Å². The van der Waals surface area contributed by atoms with E-state index in [2.05, 4.69) is 12.0 Å². The number of carbonyl (C=O) groups is 1. The third kappa shape index (κ3) is 2.51. The molecule has 0 atom stereocenters. The number of nitrogens with zero attached hydrogens (tertiary/aromatic N) is 2. The standard InChI is InChI=1S/C13H20N2O2/c1-2-6-12-11(13(16)17)9-14-15(12)10-7-4-3-5-8-10/h9-10H,2-8H2,1H3,(H,16,17). The van der Waals surface area contributed by atoms with Gasteiger partial charge in [0.15, 0.2) is 0 Å². The molecule has 1 aromatic rings. The highest BCUT2D eigenvalue weighted by Crippen LogP contribution is 2.29. The molecule has 0 amide bonds. The van der Waals surface area contributed by atoms with Crippen LogP contribution in [0, 0.1) is 0 Å². The molecule has 1 aliphatic carbocycles. The molecular weight excluding hydrogens is 216 g/mol. The van der Waals surface area contributed by atoms with Crippen LogP contribution in [-0.2, 0) is 6.42 Å². The Bertz CT molecular complexity index is 392. The molecule has 1 saturated carbocycles. The van der Waals surface area contributed by atoms with Gasteiger partial charge in [-0.05, 0) is 19.3 Å². The molecule has 2 rings (SSSR count). The predicted molar refractivity (Wildman–Crippen MR) is 65.3 cm³/mol. The Morgan fingerprint density at radius 2 is 2.18 bits per heavy atom. The quantitative estimate of drug-likeness (QED) is 0.874. The largest absolute Gasteiger partial charge is 0.478 e. The summed E-state index contributed by atoms with van der Waals surface area (Å²) in [5.41, 5.74) is 1.30. The zero-order valence-electron chi connectivity index (χ0n) is 10.4. The van der Waals surface area contributed by atoms with Crippen molar-refractivity contribution in [2.24, 2.45) is 0 Å². The van der Waals surface area contributed by atoms with Crippen LogP contribution in [0.15, 0.2) is 6.20 Å². The van der Waals surface area contributed by atoms with Gasteiger partial charge >= 0.3 is 5.97 Å². The van der Waals surface area contributed by atoms with Gasteiger partial charge in [-0.15, -0.1) is 0 Å². The van der Waals surface area contributed by atoms with Gasteiger partial charge in [0.25, 0.3) is 0 Å². The van der Waals surface area contributed by atoms with E-state index in [0.717, 1.165) is 31.4 Å². The Balaban J connectivity index is 2.28. The van der Waals surface area contributed by atoms with Crippen molar-refractivity contribution in [1.29, 1.82) is 0 Å². The summed E-state index contributed by atoms with van der Waals surface area (Å²) in [4.78, 5) is 11.1. The number of carboxylic acids is 1. The van der Waals surface area contributed by atoms with E-state index in [1.807, 2.05) is 4.68 Å². The minimum atomic E-state index is -0.851. The number of aromatic carboxylic acids is 1. The molecular formula is C13H20N2O2. The zero-order valence-corrected chi connectivity index (χ0v) is 10.4. The van der Waals surface area contributed by atoms with Gasteiger partial charge in [-0.25, -0.2) is 4.79 Å². The second-order valence-electron chi connectivity index (χ2n) is 4.80. The molecule has 1 aromatic heterocycles. The van der Waals surface area contributed by atoms with Crippen molar-refractivity contribution >= 4 is 5.97 Å². The van der Waals surface area contributed by atoms with Gasteiger partial charge < -0.3 is 5.11 Å². The summed E-state index contributed by atoms with van der Waals surface area (Å²) >= 11 is 0. The third-order valence-electron chi connectivity index (χ3n) is 3.54. The lowest BCUT2D eigenvalue weighted by Gasteiger charge is -2.24. The van der Waals surface area contributed by atoms with Crippen LogP contribution in [-0.4, -0.2) is 20.9 Å². The highest BCUT2D eigenvalue weighted by atomic mass is 16.4. The summed E-state index contributed by atoms with van der Waals surface area (Å²) in [5.74, 6) is -0.851. The summed E-state index contributed by atoms with van der Waals surface area (Å²) in [6.07, 6.45) is 9.32. The zero-order chi connectivity index (χ0) is 12.3. The fraction of sp³-hybridized carbons (Fsp3) is 0.692. The lowest BCUT2D eigenvalue weighted by atomic mass is 9.95. The number of hydrogen-bond donors (Lipinski definition) is 1. The molecule has 0 bridgehead atoms. The van der Waals surface area contributed by atoms with E-state index in [4.69, 9.17) is 5.11 Å². The fourth-order valence-electron chi connectivity index (χ4n) is 2.69. The van der Waals surface area contributed by atoms with E-state index in [9.17, 15) is 4.79 Å². The van der Waals surface area contributed by atoms with E-state index in [0.29, 0.717) is 11.6 Å². The number of hydrogen-bond acceptors (Lipinski definition) is 2. The van der Waals surface area contributed by atoms with Crippen LogP contribution in [0.2, 0.25) is 0 Å². The van der Waals surface area contributed by atoms with Crippen molar-refractivity contribution in [3.05, 3.63) is 17.5 Å². The van der Waals surface area contributed by atoms with Crippen molar-refractivity contribution in [1.82, 2.24) is 9.78 Å². The summed E-state index contributed by atoms with van der Waals surface area (Å²) in [6, 6.07) is 0.415. The Morgan fingerprint density at radius 3 is 2.76 bits per heavy atom. The van der Waals surface area contributed by atoms with Crippen molar-refractivity contribution < 1.29 is 9.90 Å². The molecule has 1 aliphatic rings. The van der Waals surface area contributed by atoms with Crippen molar-refractivity contribution in [3.63, 3.8) is 0 Å². The van der Waals surface area contributed by atoms with Gasteiger partial charge in [0, 0.05) is 0 Å². The van der Waals surface area contributed by atoms with Crippen molar-refractivity contribution in [2.45, 2.75) is 57.9 Å². The second kappa shape index (κ2) is 5.34. The molecule has 4 heteroatoms. The maximum Gasteiger partial charge on any atom is 0.339 e. The van der Waals surface area contributed by atoms with Crippen molar-refractivity contribution in [3.8, 4) is 0 Å². The SMILES string of the molecule is CCCc1c(C(=O)O)cnn1C1CCCCC1. The van der Waals surface area contributed by atoms with Crippen molar-refractivity contribution in [2.75, 3.05) is 0 Å². The molecule has 0 aliphatic heterocycles. The van der Waals surface area contributed by atoms with Crippen LogP contribution < -0.4 is 0 Å². The van der Waals surface area contributed by atoms with Gasteiger partial charge in [0.1, 0.15) is 5.56 Å². The lowest BCUT2D eigenvalue weighted by molar-refractivity contribution is 0.0695. The predicted octanol–water partition coefficient (Wildman–Crippen LogP) is 3.04. The van der Waals surface area contributed by atoms with Crippen LogP contribution in [0.25, 0.3) is 0 Å². The molecule has 17 heavy (non-hydrogen) atoms. The van der Waals surface area contributed by atoms with Gasteiger partial charge in [-0.2, -0.15) is 5.10 Å². The normalized spacial score (nSPS) is 17.2. The minimum absolute atomic E-state index is 0.387. The van der Waals surface area contributed by atoms with E-state index < -0.39 is 5.97 Å². The first kappa shape index (κ1) is 12.1. The molecule has 0 aromatic carbocycles. The Morgan fingerprint density at radius 1 is 1.47 bits per heavy atom. The van der Waals surface area contributed by atoms with Crippen LogP contribution >= 0.6 is 0 Å². The van der Waals surface area contributed by atoms with Crippen LogP contribution in [0.5, 0.6) is 0 Å². The number of carboxylic acid groups (broad SMARTS) is 1. The molecule has 94 valence electrons. The summed E-state index contributed by atoms with van der Waals surface area (Å²) < 4.78 is 1.98. The lowest BCUT2D eigenvalue weighted by Crippen LogP contribution is -2.17. The number of rotatable bonds is 4. The van der Waals surface area contributed by atoms with E-state index in [1.165, 1.54) is 25.5 Å². The molecule has 0 saturated heterocycles. The topological polar surface area (TPSA) is 55.1 Å². The average Bonchev–Trinajstić information content (AvgIpc) is 2.75. The first-order chi connectivity index (χ1) is 8.24. The monoisotopic (exact) mass is 236 g/mol. The van der Waals surface area contributed by atoms with E-state index in [-0.39, 0.29) is 0 Å². The summed E-state index contributed by atoms with van der Waals surface area (Å²) in [5, 5.41) is 13.5. The highest BCUT2D eigenvalue weighted by molar-refractivity contribution is 5.88. The van der Waals surface area contributed by atoms with Gasteiger partial charge in [0.05, 0.1) is 17.9 Å². The first-order valence-corrected chi connectivity index (χ1v) is 6.53. The Kier molecular flexibility index (Phi) is 3.82. The maximum absolute atomic E-state index is 11.1. The molecule has 0 spiro atoms. The van der Waals surface area contributed by atoms with E-state index >= 15 is 0 Å². The molecule has 0 unspecified atom stereocenters. The van der Waals surface area contributed by atoms with Gasteiger partial charge in [-0.1, -0.05) is 32.6 Å². The fourth-order valence-corrected chi connectivity index (χ4v) is 2.69. The second-order valence-corrected chi connectivity index (χ2v) is 4.80. The van der Waals surface area contributed by atoms with E-state index in [1.54, 1.807) is 0 Å². The number of aromatic nitrogens is 2. The van der Waals surface area contributed by atoms with Crippen LogP contribution in [0.3, 0.4) is 0 Å². The summed E-state index contributed by atoms with van der Waals surface area (Å²) in [7, 11) is 0. The molecule has 0 radical (unpaired) electrons. The van der Waals surface area contributed by atoms with Crippen LogP contribution in [0.4, 0.5) is 0 Å². The molecule has 1 N–H and O–H groups in total. The smallest absolute Gasteiger partial charge is 0.339 e. The Hall–Kier alpha value is -1.32. The third-order valence-corrected chi connectivity index (χ3v) is 3.54. The average molecular weight is 236 g/mol. The first-order valence-electron chi connectivity index (χ1n) is 6.53. The minimum Gasteiger partial charge on any atom is -0.478 e. The molecule has 1 fully saturated rings. The molecule has 1 heterocycles. The van der Waals surface area contributed by atoms with Gasteiger partial charge in [0.2, 0.25) is 0 Å². The van der Waals surface area contributed by atoms with Crippen LogP contribution in [0.1, 0.15) is 67.5 Å². The summed E-state index contributed by atoms with van der Waals surface area (Å²) in [6.45, 7) is 2.07. The Labute approximate surface area is 102 Å². The highest BCUT2D eigenvalue weighted by Gasteiger charge is 2.22.